The van der Waals surface area contributed by atoms with E-state index in [1.54, 1.807) is 31.5 Å². The number of piperidine rings is 1. The lowest BCUT2D eigenvalue weighted by molar-refractivity contribution is -0.391. The maximum absolute atomic E-state index is 10.9. The standard InChI is InChI=1S/C14H14N4O3.C5H9N/c1-3-9-15-14(21-11-7-5-4-6-8-11)13-16-10-12(17(13)2)18(19)20;1-3-6-4-2-5(1)6/h3-10H,1-2H3;5H,1-4H2. The fourth-order valence-electron chi connectivity index (χ4n) is 2.89. The second kappa shape index (κ2) is 8.59. The summed E-state index contributed by atoms with van der Waals surface area (Å²) in [5.74, 6) is 0.916. The SMILES string of the molecule is C1CN2CCC12.CC=CN=C(Oc1ccccc1)c1ncc([N+](=O)[O-])n1C. The van der Waals surface area contributed by atoms with Gasteiger partial charge in [-0.25, -0.2) is 14.5 Å². The molecule has 0 amide bonds. The first kappa shape index (κ1) is 18.8. The highest BCUT2D eigenvalue weighted by atomic mass is 16.6. The van der Waals surface area contributed by atoms with Gasteiger partial charge in [-0.1, -0.05) is 24.3 Å². The predicted molar refractivity (Wildman–Crippen MR) is 103 cm³/mol. The fraction of sp³-hybridized carbons (Fsp3) is 0.368. The average molecular weight is 369 g/mol. The summed E-state index contributed by atoms with van der Waals surface area (Å²) in [6.45, 7) is 4.60. The smallest absolute Gasteiger partial charge is 0.343 e. The summed E-state index contributed by atoms with van der Waals surface area (Å²) in [7, 11) is 1.54. The van der Waals surface area contributed by atoms with Crippen molar-refractivity contribution < 1.29 is 9.66 Å². The Labute approximate surface area is 158 Å². The molecule has 2 aliphatic rings. The van der Waals surface area contributed by atoms with Crippen molar-refractivity contribution in [3.8, 4) is 5.75 Å². The number of ether oxygens (including phenoxy) is 1. The van der Waals surface area contributed by atoms with Crippen molar-refractivity contribution in [2.24, 2.45) is 12.0 Å². The van der Waals surface area contributed by atoms with Gasteiger partial charge in [0.25, 0.3) is 11.7 Å². The van der Waals surface area contributed by atoms with E-state index in [4.69, 9.17) is 4.74 Å². The number of aromatic nitrogens is 2. The van der Waals surface area contributed by atoms with E-state index in [-0.39, 0.29) is 17.5 Å². The van der Waals surface area contributed by atoms with Crippen LogP contribution in [0.3, 0.4) is 0 Å². The monoisotopic (exact) mass is 369 g/mol. The summed E-state index contributed by atoms with van der Waals surface area (Å²) in [4.78, 5) is 21.1. The Kier molecular flexibility index (Phi) is 5.97. The number of hydrogen-bond acceptors (Lipinski definition) is 6. The summed E-state index contributed by atoms with van der Waals surface area (Å²) in [5.41, 5.74) is 0. The lowest BCUT2D eigenvalue weighted by Gasteiger charge is -2.50. The number of aliphatic imine (C=N–C) groups is 1. The van der Waals surface area contributed by atoms with E-state index < -0.39 is 4.92 Å². The first-order valence-corrected chi connectivity index (χ1v) is 8.92. The van der Waals surface area contributed by atoms with Crippen LogP contribution in [0.25, 0.3) is 0 Å². The highest BCUT2D eigenvalue weighted by molar-refractivity contribution is 5.93. The average Bonchev–Trinajstić information content (AvgIpc) is 3.04. The first-order valence-electron chi connectivity index (χ1n) is 8.92. The number of nitrogens with zero attached hydrogens (tertiary/aromatic N) is 5. The minimum absolute atomic E-state index is 0.130. The molecule has 0 atom stereocenters. The number of nitro groups is 1. The van der Waals surface area contributed by atoms with E-state index in [0.717, 1.165) is 6.04 Å². The third kappa shape index (κ3) is 4.40. The molecule has 4 rings (SSSR count). The van der Waals surface area contributed by atoms with Crippen molar-refractivity contribution in [1.29, 1.82) is 0 Å². The molecule has 8 nitrogen and oxygen atoms in total. The van der Waals surface area contributed by atoms with Crippen LogP contribution in [0.15, 0.2) is 53.8 Å². The van der Waals surface area contributed by atoms with Crippen molar-refractivity contribution in [2.75, 3.05) is 13.1 Å². The Bertz CT molecular complexity index is 826. The molecule has 0 spiro atoms. The zero-order chi connectivity index (χ0) is 19.2. The van der Waals surface area contributed by atoms with Crippen molar-refractivity contribution in [2.45, 2.75) is 25.8 Å². The van der Waals surface area contributed by atoms with Gasteiger partial charge in [0, 0.05) is 12.2 Å². The van der Waals surface area contributed by atoms with E-state index in [1.807, 2.05) is 25.1 Å². The van der Waals surface area contributed by atoms with Gasteiger partial charge in [0.05, 0.1) is 7.05 Å². The quantitative estimate of drug-likeness (QED) is 0.358. The molecular formula is C19H23N5O3. The number of benzene rings is 1. The fourth-order valence-corrected chi connectivity index (χ4v) is 2.89. The number of imidazole rings is 1. The van der Waals surface area contributed by atoms with Crippen LogP contribution < -0.4 is 4.74 Å². The summed E-state index contributed by atoms with van der Waals surface area (Å²) >= 11 is 0. The van der Waals surface area contributed by atoms with Crippen LogP contribution in [-0.2, 0) is 7.05 Å². The molecule has 0 N–H and O–H groups in total. The van der Waals surface area contributed by atoms with Gasteiger partial charge in [0.1, 0.15) is 11.9 Å². The van der Waals surface area contributed by atoms with E-state index in [0.29, 0.717) is 5.75 Å². The second-order valence-electron chi connectivity index (χ2n) is 6.36. The highest BCUT2D eigenvalue weighted by Gasteiger charge is 2.34. The van der Waals surface area contributed by atoms with Gasteiger partial charge in [-0.3, -0.25) is 0 Å². The summed E-state index contributed by atoms with van der Waals surface area (Å²) in [5, 5.41) is 10.9. The molecule has 1 aromatic heterocycles. The van der Waals surface area contributed by atoms with Crippen LogP contribution in [0.2, 0.25) is 0 Å². The predicted octanol–water partition coefficient (Wildman–Crippen LogP) is 3.15. The van der Waals surface area contributed by atoms with Crippen LogP contribution in [-0.4, -0.2) is 44.4 Å². The molecule has 2 fully saturated rings. The molecule has 3 heterocycles. The lowest BCUT2D eigenvalue weighted by Crippen LogP contribution is -2.57. The maximum atomic E-state index is 10.9. The van der Waals surface area contributed by atoms with Gasteiger partial charge in [-0.15, -0.1) is 0 Å². The minimum atomic E-state index is -0.508. The maximum Gasteiger partial charge on any atom is 0.343 e. The topological polar surface area (TPSA) is 85.8 Å². The van der Waals surface area contributed by atoms with Crippen LogP contribution in [0.4, 0.5) is 5.82 Å². The Morgan fingerprint density at radius 2 is 2.00 bits per heavy atom. The van der Waals surface area contributed by atoms with Crippen LogP contribution >= 0.6 is 0 Å². The first-order chi connectivity index (χ1) is 13.1. The molecule has 27 heavy (non-hydrogen) atoms. The minimum Gasteiger partial charge on any atom is -0.434 e. The van der Waals surface area contributed by atoms with Gasteiger partial charge in [-0.05, 0) is 49.9 Å². The molecule has 0 radical (unpaired) electrons. The summed E-state index contributed by atoms with van der Waals surface area (Å²) < 4.78 is 6.99. The van der Waals surface area contributed by atoms with E-state index >= 15 is 0 Å². The van der Waals surface area contributed by atoms with E-state index in [1.165, 1.54) is 36.7 Å². The molecule has 0 unspecified atom stereocenters. The second-order valence-corrected chi connectivity index (χ2v) is 6.36. The zero-order valence-corrected chi connectivity index (χ0v) is 15.5. The Morgan fingerprint density at radius 1 is 1.33 bits per heavy atom. The normalized spacial score (nSPS) is 16.7. The van der Waals surface area contributed by atoms with E-state index in [2.05, 4.69) is 14.9 Å². The molecule has 2 saturated heterocycles. The van der Waals surface area contributed by atoms with Crippen LogP contribution in [0.5, 0.6) is 5.75 Å². The molecule has 1 aromatic carbocycles. The Morgan fingerprint density at radius 3 is 2.44 bits per heavy atom. The largest absolute Gasteiger partial charge is 0.434 e. The summed E-state index contributed by atoms with van der Waals surface area (Å²) in [6, 6.07) is 10.1. The van der Waals surface area contributed by atoms with E-state index in [9.17, 15) is 10.1 Å². The molecule has 0 saturated carbocycles. The van der Waals surface area contributed by atoms with Crippen molar-refractivity contribution >= 4 is 11.7 Å². The van der Waals surface area contributed by atoms with Crippen LogP contribution in [0.1, 0.15) is 25.6 Å². The lowest BCUT2D eigenvalue weighted by atomic mass is 9.91. The number of fused-ring (bicyclic) bond motifs is 1. The van der Waals surface area contributed by atoms with Gasteiger partial charge in [-0.2, -0.15) is 0 Å². The van der Waals surface area contributed by atoms with Crippen molar-refractivity contribution in [3.05, 3.63) is 64.7 Å². The molecular weight excluding hydrogens is 346 g/mol. The van der Waals surface area contributed by atoms with Gasteiger partial charge < -0.3 is 19.8 Å². The Balaban J connectivity index is 0.000000290. The molecule has 2 aliphatic heterocycles. The number of hydrogen-bond donors (Lipinski definition) is 0. The van der Waals surface area contributed by atoms with Crippen molar-refractivity contribution in [1.82, 2.24) is 14.5 Å². The van der Waals surface area contributed by atoms with Gasteiger partial charge >= 0.3 is 5.82 Å². The Hall–Kier alpha value is -3.00. The van der Waals surface area contributed by atoms with Gasteiger partial charge in [0.2, 0.25) is 0 Å². The zero-order valence-electron chi connectivity index (χ0n) is 15.5. The third-order valence-corrected chi connectivity index (χ3v) is 4.66. The molecule has 2 aromatic rings. The van der Waals surface area contributed by atoms with Crippen molar-refractivity contribution in [3.63, 3.8) is 0 Å². The molecule has 0 aliphatic carbocycles. The number of para-hydroxylation sites is 1. The number of rotatable bonds is 4. The van der Waals surface area contributed by atoms with Crippen LogP contribution in [0, 0.1) is 10.1 Å². The molecule has 0 bridgehead atoms. The molecule has 142 valence electrons. The molecule has 8 heteroatoms. The summed E-state index contributed by atoms with van der Waals surface area (Å²) in [6.07, 6.45) is 7.42. The third-order valence-electron chi connectivity index (χ3n) is 4.66. The number of allylic oxidation sites excluding steroid dienone is 1. The van der Waals surface area contributed by atoms with Gasteiger partial charge in [0.15, 0.2) is 0 Å². The highest BCUT2D eigenvalue weighted by Crippen LogP contribution is 2.28.